The van der Waals surface area contributed by atoms with Gasteiger partial charge >= 0.3 is 0 Å². The molecule has 5 heteroatoms. The molecule has 0 spiro atoms. The van der Waals surface area contributed by atoms with Crippen molar-refractivity contribution in [1.82, 2.24) is 10.3 Å². The minimum atomic E-state index is 0.208. The van der Waals surface area contributed by atoms with Crippen molar-refractivity contribution in [2.24, 2.45) is 5.92 Å². The predicted octanol–water partition coefficient (Wildman–Crippen LogP) is 4.46. The molecule has 26 heavy (non-hydrogen) atoms. The molecule has 2 aromatic carbocycles. The first-order valence-electron chi connectivity index (χ1n) is 8.92. The summed E-state index contributed by atoms with van der Waals surface area (Å²) >= 11 is 1.78. The molecular weight excluding hydrogens is 344 g/mol. The Morgan fingerprint density at radius 1 is 1.19 bits per heavy atom. The van der Waals surface area contributed by atoms with Gasteiger partial charge in [-0.2, -0.15) is 0 Å². The van der Waals surface area contributed by atoms with E-state index in [0.717, 1.165) is 41.1 Å². The number of amides is 1. The van der Waals surface area contributed by atoms with Crippen LogP contribution < -0.4 is 10.1 Å². The molecule has 134 valence electrons. The minimum Gasteiger partial charge on any atom is -0.497 e. The molecule has 0 aliphatic heterocycles. The number of aromatic nitrogens is 1. The number of hydrogen-bond donors (Lipinski definition) is 2. The SMILES string of the molecule is COc1ccc(-c2[nH]c3ccccc3c2SCCNC(=O)C2CC2)cc1. The van der Waals surface area contributed by atoms with Gasteiger partial charge in [0, 0.05) is 34.0 Å². The third kappa shape index (κ3) is 3.58. The molecule has 1 heterocycles. The quantitative estimate of drug-likeness (QED) is 0.479. The van der Waals surface area contributed by atoms with E-state index < -0.39 is 0 Å². The number of benzene rings is 2. The number of aromatic amines is 1. The highest BCUT2D eigenvalue weighted by Crippen LogP contribution is 2.38. The number of rotatable bonds is 7. The van der Waals surface area contributed by atoms with Gasteiger partial charge < -0.3 is 15.0 Å². The molecule has 1 aliphatic carbocycles. The molecule has 1 aromatic heterocycles. The number of thioether (sulfide) groups is 1. The van der Waals surface area contributed by atoms with Crippen molar-refractivity contribution in [3.05, 3.63) is 48.5 Å². The standard InChI is InChI=1S/C21H22N2O2S/c1-25-16-10-8-14(9-11-16)19-20(17-4-2-3-5-18(17)23-19)26-13-12-22-21(24)15-6-7-15/h2-5,8-11,15,23H,6-7,12-13H2,1H3,(H,22,24). The monoisotopic (exact) mass is 366 g/mol. The van der Waals surface area contributed by atoms with Gasteiger partial charge in [0.15, 0.2) is 0 Å². The number of carbonyl (C=O) groups is 1. The highest BCUT2D eigenvalue weighted by Gasteiger charge is 2.29. The first-order chi connectivity index (χ1) is 12.8. The lowest BCUT2D eigenvalue weighted by Crippen LogP contribution is -2.26. The van der Waals surface area contributed by atoms with Crippen molar-refractivity contribution in [2.45, 2.75) is 17.7 Å². The maximum Gasteiger partial charge on any atom is 0.223 e. The van der Waals surface area contributed by atoms with E-state index in [1.54, 1.807) is 18.9 Å². The number of para-hydroxylation sites is 1. The molecule has 0 radical (unpaired) electrons. The second kappa shape index (κ2) is 7.46. The average molecular weight is 366 g/mol. The number of carbonyl (C=O) groups excluding carboxylic acids is 1. The van der Waals surface area contributed by atoms with Crippen molar-refractivity contribution in [1.29, 1.82) is 0 Å². The van der Waals surface area contributed by atoms with Crippen molar-refractivity contribution in [3.63, 3.8) is 0 Å². The molecule has 1 saturated carbocycles. The van der Waals surface area contributed by atoms with Crippen LogP contribution in [-0.4, -0.2) is 30.3 Å². The fourth-order valence-corrected chi connectivity index (χ4v) is 4.10. The second-order valence-corrected chi connectivity index (χ2v) is 7.62. The van der Waals surface area contributed by atoms with Crippen LogP contribution in [0.4, 0.5) is 0 Å². The Kier molecular flexibility index (Phi) is 4.89. The van der Waals surface area contributed by atoms with Crippen LogP contribution in [0.15, 0.2) is 53.4 Å². The molecule has 0 bridgehead atoms. The lowest BCUT2D eigenvalue weighted by molar-refractivity contribution is -0.122. The van der Waals surface area contributed by atoms with E-state index in [0.29, 0.717) is 6.54 Å². The van der Waals surface area contributed by atoms with Crippen molar-refractivity contribution < 1.29 is 9.53 Å². The highest BCUT2D eigenvalue weighted by molar-refractivity contribution is 7.99. The maximum atomic E-state index is 11.8. The lowest BCUT2D eigenvalue weighted by atomic mass is 10.1. The Morgan fingerprint density at radius 3 is 2.69 bits per heavy atom. The number of hydrogen-bond acceptors (Lipinski definition) is 3. The molecule has 1 aliphatic rings. The number of H-pyrrole nitrogens is 1. The Hall–Kier alpha value is -2.40. The summed E-state index contributed by atoms with van der Waals surface area (Å²) in [6.45, 7) is 0.696. The predicted molar refractivity (Wildman–Crippen MR) is 107 cm³/mol. The fraction of sp³-hybridized carbons (Fsp3) is 0.286. The van der Waals surface area contributed by atoms with Gasteiger partial charge in [-0.1, -0.05) is 18.2 Å². The van der Waals surface area contributed by atoms with Crippen LogP contribution in [-0.2, 0) is 4.79 Å². The Bertz CT molecular complexity index is 913. The molecule has 4 rings (SSSR count). The van der Waals surface area contributed by atoms with Gasteiger partial charge in [0.2, 0.25) is 5.91 Å². The van der Waals surface area contributed by atoms with Crippen LogP contribution >= 0.6 is 11.8 Å². The van der Waals surface area contributed by atoms with Gasteiger partial charge in [0.05, 0.1) is 12.8 Å². The van der Waals surface area contributed by atoms with Crippen LogP contribution in [0.3, 0.4) is 0 Å². The maximum absolute atomic E-state index is 11.8. The van der Waals surface area contributed by atoms with Gasteiger partial charge in [-0.05, 0) is 48.7 Å². The summed E-state index contributed by atoms with van der Waals surface area (Å²) in [6.07, 6.45) is 2.09. The second-order valence-electron chi connectivity index (χ2n) is 6.52. The summed E-state index contributed by atoms with van der Waals surface area (Å²) in [5.74, 6) is 2.17. The van der Waals surface area contributed by atoms with Crippen LogP contribution in [0.2, 0.25) is 0 Å². The largest absolute Gasteiger partial charge is 0.497 e. The Balaban J connectivity index is 1.55. The molecule has 0 atom stereocenters. The zero-order valence-corrected chi connectivity index (χ0v) is 15.6. The first-order valence-corrected chi connectivity index (χ1v) is 9.90. The molecular formula is C21H22N2O2S. The summed E-state index contributed by atoms with van der Waals surface area (Å²) in [4.78, 5) is 16.6. The summed E-state index contributed by atoms with van der Waals surface area (Å²) in [5.41, 5.74) is 3.38. The van der Waals surface area contributed by atoms with E-state index in [-0.39, 0.29) is 11.8 Å². The van der Waals surface area contributed by atoms with Gasteiger partial charge in [0.25, 0.3) is 0 Å². The molecule has 1 fully saturated rings. The average Bonchev–Trinajstić information content (AvgIpc) is 3.47. The topological polar surface area (TPSA) is 54.1 Å². The van der Waals surface area contributed by atoms with E-state index in [9.17, 15) is 4.79 Å². The van der Waals surface area contributed by atoms with E-state index in [1.165, 1.54) is 10.3 Å². The van der Waals surface area contributed by atoms with Gasteiger partial charge in [-0.15, -0.1) is 11.8 Å². The fourth-order valence-electron chi connectivity index (χ4n) is 3.04. The van der Waals surface area contributed by atoms with E-state index in [4.69, 9.17) is 4.74 Å². The Labute approximate surface area is 157 Å². The summed E-state index contributed by atoms with van der Waals surface area (Å²) in [7, 11) is 1.68. The van der Waals surface area contributed by atoms with E-state index >= 15 is 0 Å². The van der Waals surface area contributed by atoms with Gasteiger partial charge in [0.1, 0.15) is 5.75 Å². The van der Waals surface area contributed by atoms with Crippen molar-refractivity contribution in [3.8, 4) is 17.0 Å². The first kappa shape index (κ1) is 17.0. The van der Waals surface area contributed by atoms with Crippen LogP contribution in [0, 0.1) is 5.92 Å². The smallest absolute Gasteiger partial charge is 0.223 e. The third-order valence-corrected chi connectivity index (χ3v) is 5.75. The highest BCUT2D eigenvalue weighted by atomic mass is 32.2. The van der Waals surface area contributed by atoms with E-state index in [2.05, 4.69) is 40.6 Å². The number of fused-ring (bicyclic) bond motifs is 1. The van der Waals surface area contributed by atoms with Gasteiger partial charge in [-0.25, -0.2) is 0 Å². The lowest BCUT2D eigenvalue weighted by Gasteiger charge is -2.07. The van der Waals surface area contributed by atoms with Crippen LogP contribution in [0.25, 0.3) is 22.2 Å². The zero-order valence-electron chi connectivity index (χ0n) is 14.7. The molecule has 4 nitrogen and oxygen atoms in total. The van der Waals surface area contributed by atoms with Crippen molar-refractivity contribution in [2.75, 3.05) is 19.4 Å². The normalized spacial score (nSPS) is 13.7. The summed E-state index contributed by atoms with van der Waals surface area (Å²) < 4.78 is 5.26. The van der Waals surface area contributed by atoms with Crippen LogP contribution in [0.5, 0.6) is 5.75 Å². The van der Waals surface area contributed by atoms with E-state index in [1.807, 2.05) is 18.2 Å². The summed E-state index contributed by atoms with van der Waals surface area (Å²) in [6, 6.07) is 16.4. The van der Waals surface area contributed by atoms with Crippen LogP contribution in [0.1, 0.15) is 12.8 Å². The summed E-state index contributed by atoms with van der Waals surface area (Å²) in [5, 5.41) is 4.26. The molecule has 0 saturated heterocycles. The third-order valence-electron chi connectivity index (χ3n) is 4.63. The minimum absolute atomic E-state index is 0.208. The molecule has 2 N–H and O–H groups in total. The van der Waals surface area contributed by atoms with Gasteiger partial charge in [-0.3, -0.25) is 4.79 Å². The Morgan fingerprint density at radius 2 is 1.96 bits per heavy atom. The number of ether oxygens (including phenoxy) is 1. The molecule has 1 amide bonds. The number of nitrogens with one attached hydrogen (secondary N) is 2. The zero-order chi connectivity index (χ0) is 17.9. The number of methoxy groups -OCH3 is 1. The van der Waals surface area contributed by atoms with Crippen molar-refractivity contribution >= 4 is 28.6 Å². The molecule has 0 unspecified atom stereocenters. The molecule has 3 aromatic rings.